The van der Waals surface area contributed by atoms with Crippen molar-refractivity contribution in [3.05, 3.63) is 35.9 Å². The minimum atomic E-state index is -2.36. The standard InChI is InChI=1S/C28H50O6Si2/c1-18(2)36(19(3)4,20(5)6)27-24(30)25(34-26(31)21-15-13-12-14-16-21)23(29)22(33-27)17-32-35(10,11)28(7,8)9/h12-16,18-20,22-25,27,29-30H,17H2,1-11H3/t22-,23+,24-,25+,27+/m1/s1. The van der Waals surface area contributed by atoms with Gasteiger partial charge in [-0.05, 0) is 46.9 Å². The molecule has 5 atom stereocenters. The first-order valence-corrected chi connectivity index (χ1v) is 18.6. The van der Waals surface area contributed by atoms with Crippen molar-refractivity contribution in [3.8, 4) is 0 Å². The van der Waals surface area contributed by atoms with Crippen LogP contribution in [-0.4, -0.2) is 69.3 Å². The smallest absolute Gasteiger partial charge is 0.338 e. The minimum Gasteiger partial charge on any atom is -0.453 e. The molecule has 1 fully saturated rings. The molecular weight excluding hydrogens is 488 g/mol. The molecule has 0 spiro atoms. The number of ether oxygens (including phenoxy) is 2. The zero-order valence-electron chi connectivity index (χ0n) is 24.2. The quantitative estimate of drug-likeness (QED) is 0.299. The lowest BCUT2D eigenvalue weighted by Gasteiger charge is -2.55. The highest BCUT2D eigenvalue weighted by atomic mass is 28.4. The van der Waals surface area contributed by atoms with Crippen molar-refractivity contribution >= 4 is 22.4 Å². The number of aliphatic hydroxyl groups excluding tert-OH is 2. The van der Waals surface area contributed by atoms with Crippen LogP contribution in [0.25, 0.3) is 0 Å². The van der Waals surface area contributed by atoms with Gasteiger partial charge < -0.3 is 24.1 Å². The summed E-state index contributed by atoms with van der Waals surface area (Å²) in [5.41, 5.74) is 0.788. The fourth-order valence-corrected chi connectivity index (χ4v) is 14.1. The van der Waals surface area contributed by atoms with Gasteiger partial charge in [-0.3, -0.25) is 0 Å². The summed E-state index contributed by atoms with van der Waals surface area (Å²) in [5.74, 6) is -0.561. The molecule has 6 nitrogen and oxygen atoms in total. The molecule has 206 valence electrons. The van der Waals surface area contributed by atoms with Crippen molar-refractivity contribution < 1.29 is 28.9 Å². The molecule has 1 aliphatic rings. The van der Waals surface area contributed by atoms with E-state index in [9.17, 15) is 15.0 Å². The van der Waals surface area contributed by atoms with Crippen molar-refractivity contribution in [1.29, 1.82) is 0 Å². The van der Waals surface area contributed by atoms with Crippen LogP contribution in [0.1, 0.15) is 72.7 Å². The molecule has 1 aromatic carbocycles. The molecule has 1 aliphatic heterocycles. The predicted octanol–water partition coefficient (Wildman–Crippen LogP) is 5.94. The minimum absolute atomic E-state index is 0.00296. The maximum atomic E-state index is 13.0. The number of rotatable bonds is 9. The first-order valence-electron chi connectivity index (χ1n) is 13.4. The number of benzene rings is 1. The Morgan fingerprint density at radius 2 is 1.44 bits per heavy atom. The van der Waals surface area contributed by atoms with Crippen molar-refractivity contribution in [3.63, 3.8) is 0 Å². The molecule has 1 aromatic rings. The predicted molar refractivity (Wildman–Crippen MR) is 151 cm³/mol. The highest BCUT2D eigenvalue weighted by Crippen LogP contribution is 2.48. The molecule has 0 saturated carbocycles. The average molecular weight is 539 g/mol. The van der Waals surface area contributed by atoms with Crippen molar-refractivity contribution in [2.75, 3.05) is 6.61 Å². The molecule has 0 amide bonds. The van der Waals surface area contributed by atoms with E-state index in [4.69, 9.17) is 13.9 Å². The Hall–Kier alpha value is -1.04. The van der Waals surface area contributed by atoms with E-state index in [2.05, 4.69) is 75.4 Å². The molecular formula is C28H50O6Si2. The second-order valence-electron chi connectivity index (χ2n) is 12.8. The summed E-state index contributed by atoms with van der Waals surface area (Å²) in [6, 6.07) is 8.70. The molecule has 2 N–H and O–H groups in total. The lowest BCUT2D eigenvalue weighted by molar-refractivity contribution is -0.211. The van der Waals surface area contributed by atoms with Gasteiger partial charge in [0.1, 0.15) is 18.3 Å². The van der Waals surface area contributed by atoms with E-state index in [1.807, 2.05) is 6.07 Å². The molecule has 0 aromatic heterocycles. The number of hydrogen-bond acceptors (Lipinski definition) is 6. The van der Waals surface area contributed by atoms with Gasteiger partial charge in [0.05, 0.1) is 26.0 Å². The Morgan fingerprint density at radius 3 is 1.89 bits per heavy atom. The lowest BCUT2D eigenvalue weighted by Crippen LogP contribution is -2.70. The van der Waals surface area contributed by atoms with Gasteiger partial charge in [0.15, 0.2) is 14.4 Å². The third kappa shape index (κ3) is 6.16. The van der Waals surface area contributed by atoms with Gasteiger partial charge in [0.25, 0.3) is 0 Å². The van der Waals surface area contributed by atoms with Crippen molar-refractivity contribution in [2.45, 2.75) is 127 Å². The number of carbonyl (C=O) groups excluding carboxylic acids is 1. The van der Waals surface area contributed by atoms with E-state index in [1.54, 1.807) is 24.3 Å². The number of esters is 1. The Labute approximate surface area is 220 Å². The van der Waals surface area contributed by atoms with Gasteiger partial charge in [-0.2, -0.15) is 0 Å². The zero-order valence-corrected chi connectivity index (χ0v) is 26.2. The second-order valence-corrected chi connectivity index (χ2v) is 23.7. The van der Waals surface area contributed by atoms with Gasteiger partial charge in [-0.25, -0.2) is 4.79 Å². The van der Waals surface area contributed by atoms with Crippen LogP contribution in [0, 0.1) is 0 Å². The summed E-state index contributed by atoms with van der Waals surface area (Å²) in [6.45, 7) is 24.3. The normalized spacial score (nSPS) is 26.1. The van der Waals surface area contributed by atoms with Crippen LogP contribution in [0.5, 0.6) is 0 Å². The third-order valence-electron chi connectivity index (χ3n) is 8.85. The number of aliphatic hydroxyl groups is 2. The Kier molecular flexibility index (Phi) is 10.2. The van der Waals surface area contributed by atoms with Gasteiger partial charge in [-0.1, -0.05) is 80.5 Å². The molecule has 36 heavy (non-hydrogen) atoms. The molecule has 8 heteroatoms. The van der Waals surface area contributed by atoms with Gasteiger partial charge in [-0.15, -0.1) is 0 Å². The van der Waals surface area contributed by atoms with E-state index >= 15 is 0 Å². The summed E-state index contributed by atoms with van der Waals surface area (Å²) in [7, 11) is -4.49. The summed E-state index contributed by atoms with van der Waals surface area (Å²) in [5, 5.41) is 23.1. The summed E-state index contributed by atoms with van der Waals surface area (Å²) >= 11 is 0. The fourth-order valence-electron chi connectivity index (χ4n) is 5.88. The molecule has 0 aliphatic carbocycles. The molecule has 1 saturated heterocycles. The summed E-state index contributed by atoms with van der Waals surface area (Å²) in [4.78, 5) is 13.0. The highest BCUT2D eigenvalue weighted by Gasteiger charge is 2.59. The van der Waals surface area contributed by atoms with Crippen LogP contribution in [-0.2, 0) is 13.9 Å². The molecule has 0 unspecified atom stereocenters. The number of hydrogen-bond donors (Lipinski definition) is 2. The van der Waals surface area contributed by atoms with Gasteiger partial charge in [0, 0.05) is 0 Å². The molecule has 0 bridgehead atoms. The third-order valence-corrected chi connectivity index (χ3v) is 20.8. The number of carbonyl (C=O) groups is 1. The van der Waals surface area contributed by atoms with Crippen molar-refractivity contribution in [2.24, 2.45) is 0 Å². The van der Waals surface area contributed by atoms with Crippen LogP contribution in [0.2, 0.25) is 34.8 Å². The Bertz CT molecular complexity index is 828. The Balaban J connectivity index is 2.50. The molecule has 0 radical (unpaired) electrons. The average Bonchev–Trinajstić information content (AvgIpc) is 2.76. The van der Waals surface area contributed by atoms with Crippen LogP contribution >= 0.6 is 0 Å². The molecule has 2 rings (SSSR count). The second kappa shape index (κ2) is 11.8. The first-order chi connectivity index (χ1) is 16.5. The summed E-state index contributed by atoms with van der Waals surface area (Å²) in [6.07, 6.45) is -4.14. The highest BCUT2D eigenvalue weighted by molar-refractivity contribution is 6.84. The van der Waals surface area contributed by atoms with Crippen LogP contribution < -0.4 is 0 Å². The van der Waals surface area contributed by atoms with Gasteiger partial charge >= 0.3 is 5.97 Å². The first kappa shape index (κ1) is 31.2. The van der Waals surface area contributed by atoms with E-state index in [-0.39, 0.29) is 11.6 Å². The fraction of sp³-hybridized carbons (Fsp3) is 0.750. The van der Waals surface area contributed by atoms with E-state index < -0.39 is 52.5 Å². The maximum Gasteiger partial charge on any atom is 0.338 e. The molecule has 1 heterocycles. The lowest BCUT2D eigenvalue weighted by atomic mass is 10.00. The SMILES string of the molecule is CC(C)[Si](C(C)C)(C(C)C)[C@@H]1O[C@H](CO[Si](C)(C)C(C)(C)C)[C@H](O)[C@H](OC(=O)c2ccccc2)[C@H]1O. The topological polar surface area (TPSA) is 85.2 Å². The zero-order chi connectivity index (χ0) is 27.6. The monoisotopic (exact) mass is 538 g/mol. The van der Waals surface area contributed by atoms with Crippen LogP contribution in [0.4, 0.5) is 0 Å². The maximum absolute atomic E-state index is 13.0. The van der Waals surface area contributed by atoms with E-state index in [0.717, 1.165) is 0 Å². The van der Waals surface area contributed by atoms with Crippen LogP contribution in [0.15, 0.2) is 30.3 Å². The Morgan fingerprint density at radius 1 is 0.944 bits per heavy atom. The largest absolute Gasteiger partial charge is 0.453 e. The van der Waals surface area contributed by atoms with E-state index in [1.165, 1.54) is 0 Å². The van der Waals surface area contributed by atoms with Crippen molar-refractivity contribution in [1.82, 2.24) is 0 Å². The van der Waals surface area contributed by atoms with Crippen LogP contribution in [0.3, 0.4) is 0 Å². The van der Waals surface area contributed by atoms with Gasteiger partial charge in [0.2, 0.25) is 0 Å². The van der Waals surface area contributed by atoms with E-state index in [0.29, 0.717) is 22.2 Å². The summed E-state index contributed by atoms with van der Waals surface area (Å²) < 4.78 is 19.0.